The molecule has 0 aliphatic rings. The fourth-order valence-electron chi connectivity index (χ4n) is 2.78. The number of rotatable bonds is 8. The van der Waals surface area contributed by atoms with E-state index in [1.54, 1.807) is 0 Å². The molecule has 0 aliphatic carbocycles. The highest BCUT2D eigenvalue weighted by Gasteiger charge is 2.18. The zero-order valence-electron chi connectivity index (χ0n) is 16.7. The van der Waals surface area contributed by atoms with E-state index in [-0.39, 0.29) is 31.4 Å². The van der Waals surface area contributed by atoms with Gasteiger partial charge in [-0.25, -0.2) is 12.6 Å². The standard InChI is InChI=1S/C18H15BrN2O10S3/c19-15-10-12(32(23,24)8-7-31-34(28,29)30)3-5-16(15)20-21-18-14-4-2-13(33(25,26)27)9-11(14)1-6-17(18)22/h1-6,9-10,22H,7-8H2,(H,25,26,27)(H,28,29,30). The van der Waals surface area contributed by atoms with Crippen LogP contribution in [0.25, 0.3) is 10.8 Å². The van der Waals surface area contributed by atoms with Gasteiger partial charge in [-0.2, -0.15) is 16.8 Å². The Balaban J connectivity index is 1.91. The first-order chi connectivity index (χ1) is 15.7. The Hall–Kier alpha value is -2.47. The number of aromatic hydroxyl groups is 1. The van der Waals surface area contributed by atoms with E-state index in [2.05, 4.69) is 30.3 Å². The number of sulfone groups is 1. The average molecular weight is 595 g/mol. The molecule has 182 valence electrons. The fraction of sp³-hybridized carbons (Fsp3) is 0.111. The number of azo groups is 1. The van der Waals surface area contributed by atoms with Crippen LogP contribution in [-0.4, -0.2) is 51.8 Å². The van der Waals surface area contributed by atoms with Crippen LogP contribution in [0.5, 0.6) is 5.75 Å². The Kier molecular flexibility index (Phi) is 7.42. The molecular formula is C18H15BrN2O10S3. The zero-order valence-corrected chi connectivity index (χ0v) is 20.8. The third-order valence-corrected chi connectivity index (χ3v) is 7.99. The van der Waals surface area contributed by atoms with Crippen molar-refractivity contribution < 1.29 is 43.6 Å². The minimum Gasteiger partial charge on any atom is -0.506 e. The molecule has 0 heterocycles. The van der Waals surface area contributed by atoms with Gasteiger partial charge in [0.2, 0.25) is 0 Å². The third-order valence-electron chi connectivity index (χ3n) is 4.36. The molecule has 12 nitrogen and oxygen atoms in total. The van der Waals surface area contributed by atoms with E-state index in [1.807, 2.05) is 0 Å². The second-order valence-electron chi connectivity index (χ2n) is 6.67. The Bertz CT molecular complexity index is 1620. The van der Waals surface area contributed by atoms with Crippen molar-refractivity contribution in [3.05, 3.63) is 53.0 Å². The molecule has 0 aromatic heterocycles. The van der Waals surface area contributed by atoms with E-state index in [0.29, 0.717) is 10.8 Å². The molecule has 3 aromatic rings. The van der Waals surface area contributed by atoms with Crippen molar-refractivity contribution >= 4 is 68.4 Å². The monoisotopic (exact) mass is 594 g/mol. The highest BCUT2D eigenvalue weighted by molar-refractivity contribution is 9.10. The van der Waals surface area contributed by atoms with Crippen LogP contribution in [-0.2, 0) is 34.5 Å². The molecule has 0 fully saturated rings. The summed E-state index contributed by atoms with van der Waals surface area (Å²) in [5.74, 6) is -0.972. The normalized spacial score (nSPS) is 13.0. The number of hydrogen-bond acceptors (Lipinski definition) is 10. The number of nitrogens with zero attached hydrogens (tertiary/aromatic N) is 2. The van der Waals surface area contributed by atoms with Crippen LogP contribution in [0.3, 0.4) is 0 Å². The topological polar surface area (TPSA) is 197 Å². The van der Waals surface area contributed by atoms with Crippen LogP contribution in [0.2, 0.25) is 0 Å². The van der Waals surface area contributed by atoms with Gasteiger partial charge in [-0.05, 0) is 57.7 Å². The van der Waals surface area contributed by atoms with Gasteiger partial charge >= 0.3 is 10.4 Å². The summed E-state index contributed by atoms with van der Waals surface area (Å²) in [6.07, 6.45) is 0. The van der Waals surface area contributed by atoms with Gasteiger partial charge < -0.3 is 5.11 Å². The van der Waals surface area contributed by atoms with Crippen molar-refractivity contribution in [2.75, 3.05) is 12.4 Å². The minimum absolute atomic E-state index is 0.00495. The molecule has 0 saturated heterocycles. The van der Waals surface area contributed by atoms with Crippen molar-refractivity contribution in [3.63, 3.8) is 0 Å². The number of halogens is 1. The molecule has 3 aromatic carbocycles. The summed E-state index contributed by atoms with van der Waals surface area (Å²) in [5.41, 5.74) is 0.185. The van der Waals surface area contributed by atoms with E-state index < -0.39 is 42.7 Å². The summed E-state index contributed by atoms with van der Waals surface area (Å²) >= 11 is 3.17. The van der Waals surface area contributed by atoms with Crippen LogP contribution in [0.1, 0.15) is 0 Å². The molecule has 0 saturated carbocycles. The van der Waals surface area contributed by atoms with Gasteiger partial charge in [-0.1, -0.05) is 12.1 Å². The lowest BCUT2D eigenvalue weighted by Gasteiger charge is -2.07. The molecule has 3 rings (SSSR count). The number of benzene rings is 3. The molecule has 0 unspecified atom stereocenters. The number of fused-ring (bicyclic) bond motifs is 1. The van der Waals surface area contributed by atoms with E-state index in [0.717, 1.165) is 6.07 Å². The van der Waals surface area contributed by atoms with Gasteiger partial charge in [0.05, 0.1) is 27.8 Å². The van der Waals surface area contributed by atoms with Gasteiger partial charge in [0, 0.05) is 9.86 Å². The Morgan fingerprint density at radius 2 is 1.53 bits per heavy atom. The second-order valence-corrected chi connectivity index (χ2v) is 12.1. The van der Waals surface area contributed by atoms with Crippen molar-refractivity contribution in [3.8, 4) is 5.75 Å². The Labute approximate surface area is 202 Å². The molecule has 0 bridgehead atoms. The maximum atomic E-state index is 12.3. The van der Waals surface area contributed by atoms with Crippen LogP contribution in [0.15, 0.2) is 73.0 Å². The first-order valence-electron chi connectivity index (χ1n) is 8.96. The van der Waals surface area contributed by atoms with Gasteiger partial charge in [-0.15, -0.1) is 10.2 Å². The summed E-state index contributed by atoms with van der Waals surface area (Å²) < 4.78 is 90.4. The average Bonchev–Trinajstić information content (AvgIpc) is 2.71. The first-order valence-corrected chi connectivity index (χ1v) is 14.2. The van der Waals surface area contributed by atoms with Gasteiger partial charge in [0.25, 0.3) is 10.1 Å². The predicted octanol–water partition coefficient (Wildman–Crippen LogP) is 3.56. The highest BCUT2D eigenvalue weighted by Crippen LogP contribution is 2.38. The Morgan fingerprint density at radius 3 is 2.15 bits per heavy atom. The predicted molar refractivity (Wildman–Crippen MR) is 123 cm³/mol. The molecule has 0 atom stereocenters. The maximum absolute atomic E-state index is 12.3. The highest BCUT2D eigenvalue weighted by atomic mass is 79.9. The lowest BCUT2D eigenvalue weighted by molar-refractivity contribution is 0.284. The van der Waals surface area contributed by atoms with Crippen molar-refractivity contribution in [1.82, 2.24) is 0 Å². The summed E-state index contributed by atoms with van der Waals surface area (Å²) in [5, 5.41) is 18.9. The minimum atomic E-state index is -4.77. The molecule has 16 heteroatoms. The summed E-state index contributed by atoms with van der Waals surface area (Å²) in [6.45, 7) is -0.778. The van der Waals surface area contributed by atoms with Crippen molar-refractivity contribution in [1.29, 1.82) is 0 Å². The van der Waals surface area contributed by atoms with Crippen LogP contribution in [0, 0.1) is 0 Å². The first kappa shape index (κ1) is 26.1. The third kappa shape index (κ3) is 6.35. The number of phenolic OH excluding ortho intramolecular Hbond substituents is 1. The lowest BCUT2D eigenvalue weighted by Crippen LogP contribution is -2.15. The number of phenols is 1. The SMILES string of the molecule is O=S(=O)(O)OCCS(=O)(=O)c1ccc(N=Nc2c(O)ccc3cc(S(=O)(=O)O)ccc23)c(Br)c1. The fourth-order valence-corrected chi connectivity index (χ4v) is 5.41. The molecule has 0 spiro atoms. The van der Waals surface area contributed by atoms with E-state index in [9.17, 15) is 34.9 Å². The summed E-state index contributed by atoms with van der Waals surface area (Å²) in [7, 11) is -13.2. The lowest BCUT2D eigenvalue weighted by atomic mass is 10.1. The van der Waals surface area contributed by atoms with E-state index in [4.69, 9.17) is 4.55 Å². The molecule has 3 N–H and O–H groups in total. The van der Waals surface area contributed by atoms with Gasteiger partial charge in [-0.3, -0.25) is 9.11 Å². The van der Waals surface area contributed by atoms with Gasteiger partial charge in [0.1, 0.15) is 11.4 Å². The number of hydrogen-bond donors (Lipinski definition) is 3. The van der Waals surface area contributed by atoms with Crippen molar-refractivity contribution in [2.24, 2.45) is 10.2 Å². The second kappa shape index (κ2) is 9.65. The quantitative estimate of drug-likeness (QED) is 0.256. The Morgan fingerprint density at radius 1 is 0.853 bits per heavy atom. The maximum Gasteiger partial charge on any atom is 0.397 e. The molecule has 34 heavy (non-hydrogen) atoms. The zero-order chi connectivity index (χ0) is 25.3. The molecule has 0 amide bonds. The van der Waals surface area contributed by atoms with E-state index in [1.165, 1.54) is 42.5 Å². The van der Waals surface area contributed by atoms with Crippen LogP contribution < -0.4 is 0 Å². The molecule has 0 radical (unpaired) electrons. The van der Waals surface area contributed by atoms with Crippen molar-refractivity contribution in [2.45, 2.75) is 9.79 Å². The molecule has 0 aliphatic heterocycles. The molecular weight excluding hydrogens is 580 g/mol. The largest absolute Gasteiger partial charge is 0.506 e. The smallest absolute Gasteiger partial charge is 0.397 e. The van der Waals surface area contributed by atoms with E-state index >= 15 is 0 Å². The van der Waals surface area contributed by atoms with Crippen LogP contribution >= 0.6 is 15.9 Å². The summed E-state index contributed by atoms with van der Waals surface area (Å²) in [4.78, 5) is -0.516. The van der Waals surface area contributed by atoms with Gasteiger partial charge in [0.15, 0.2) is 9.84 Å². The van der Waals surface area contributed by atoms with Crippen LogP contribution in [0.4, 0.5) is 11.4 Å². The summed E-state index contributed by atoms with van der Waals surface area (Å²) in [6, 6.07) is 10.1.